The van der Waals surface area contributed by atoms with Crippen LogP contribution < -0.4 is 0 Å². The van der Waals surface area contributed by atoms with Crippen LogP contribution >= 0.6 is 0 Å². The van der Waals surface area contributed by atoms with E-state index < -0.39 is 44.1 Å². The molecule has 7 rings (SSSR count). The predicted molar refractivity (Wildman–Crippen MR) is 183 cm³/mol. The zero-order chi connectivity index (χ0) is 32.9. The maximum atomic E-state index is 14.7. The highest BCUT2D eigenvalue weighted by Crippen LogP contribution is 2.49. The molecule has 0 radical (unpaired) electrons. The molecule has 9 heteroatoms. The fourth-order valence-corrected chi connectivity index (χ4v) is 10.8. The van der Waals surface area contributed by atoms with Crippen molar-refractivity contribution in [2.24, 2.45) is 5.92 Å². The summed E-state index contributed by atoms with van der Waals surface area (Å²) in [5.74, 6) is -0.985. The van der Waals surface area contributed by atoms with Crippen LogP contribution in [0.5, 0.6) is 0 Å². The lowest BCUT2D eigenvalue weighted by molar-refractivity contribution is -0.132. The molecule has 0 aliphatic carbocycles. The van der Waals surface area contributed by atoms with Crippen molar-refractivity contribution < 1.29 is 21.6 Å². The van der Waals surface area contributed by atoms with E-state index in [0.717, 1.165) is 33.0 Å². The molecule has 7 nitrogen and oxygen atoms in total. The van der Waals surface area contributed by atoms with E-state index in [2.05, 4.69) is 0 Å². The fraction of sp³-hybridized carbons (Fsp3) is 0.237. The van der Waals surface area contributed by atoms with Gasteiger partial charge < -0.3 is 0 Å². The zero-order valence-electron chi connectivity index (χ0n) is 26.2. The summed E-state index contributed by atoms with van der Waals surface area (Å²) in [6.07, 6.45) is 0.0670. The van der Waals surface area contributed by atoms with Gasteiger partial charge in [-0.3, -0.25) is 4.79 Å². The highest BCUT2D eigenvalue weighted by molar-refractivity contribution is 7.89. The number of ketones is 1. The van der Waals surface area contributed by atoms with Gasteiger partial charge in [0, 0.05) is 24.9 Å². The minimum atomic E-state index is -4.11. The van der Waals surface area contributed by atoms with Crippen LogP contribution in [0.3, 0.4) is 0 Å². The summed E-state index contributed by atoms with van der Waals surface area (Å²) in [6, 6.07) is 34.1. The molecule has 2 aliphatic rings. The van der Waals surface area contributed by atoms with Crippen LogP contribution in [0.4, 0.5) is 0 Å². The lowest BCUT2D eigenvalue weighted by Crippen LogP contribution is -2.60. The van der Waals surface area contributed by atoms with E-state index in [1.54, 1.807) is 48.5 Å². The summed E-state index contributed by atoms with van der Waals surface area (Å²) in [7, 11) is -8.20. The van der Waals surface area contributed by atoms with Crippen molar-refractivity contribution in [2.75, 3.05) is 6.54 Å². The molecule has 0 saturated carbocycles. The van der Waals surface area contributed by atoms with Gasteiger partial charge in [0.25, 0.3) is 0 Å². The summed E-state index contributed by atoms with van der Waals surface area (Å²) >= 11 is 0. The Labute approximate surface area is 276 Å². The molecule has 0 bridgehead atoms. The van der Waals surface area contributed by atoms with Crippen molar-refractivity contribution in [3.05, 3.63) is 144 Å². The summed E-state index contributed by atoms with van der Waals surface area (Å²) in [4.78, 5) is 14.4. The Bertz CT molecular complexity index is 2160. The van der Waals surface area contributed by atoms with Crippen LogP contribution in [0.2, 0.25) is 0 Å². The van der Waals surface area contributed by atoms with E-state index in [4.69, 9.17) is 0 Å². The Kier molecular flexibility index (Phi) is 8.12. The SMILES string of the molecule is Cc1ccc(S(=O)(=O)N2C[C@H]3C(=O)C[C@@H](c4ccccc4)N(S(=O)(=O)c4ccc(C)cc4)C3C[C@H]2c2cccc3ccccc23)cc1. The molecule has 2 saturated heterocycles. The Morgan fingerprint density at radius 1 is 0.617 bits per heavy atom. The summed E-state index contributed by atoms with van der Waals surface area (Å²) < 4.78 is 61.4. The van der Waals surface area contributed by atoms with E-state index in [-0.39, 0.29) is 35.0 Å². The molecule has 1 unspecified atom stereocenters. The van der Waals surface area contributed by atoms with Gasteiger partial charge in [0.2, 0.25) is 20.0 Å². The van der Waals surface area contributed by atoms with E-state index in [1.165, 1.54) is 8.61 Å². The highest BCUT2D eigenvalue weighted by atomic mass is 32.2. The van der Waals surface area contributed by atoms with Crippen molar-refractivity contribution in [1.82, 2.24) is 8.61 Å². The number of rotatable bonds is 6. The molecule has 2 aliphatic heterocycles. The number of fused-ring (bicyclic) bond motifs is 2. The van der Waals surface area contributed by atoms with E-state index in [9.17, 15) is 21.6 Å². The van der Waals surface area contributed by atoms with Crippen LogP contribution in [0.1, 0.15) is 47.2 Å². The van der Waals surface area contributed by atoms with Gasteiger partial charge >= 0.3 is 0 Å². The number of piperidine rings is 2. The van der Waals surface area contributed by atoms with Crippen LogP contribution in [0.15, 0.2) is 131 Å². The fourth-order valence-electron chi connectivity index (χ4n) is 7.27. The lowest BCUT2D eigenvalue weighted by atomic mass is 9.77. The van der Waals surface area contributed by atoms with Crippen molar-refractivity contribution in [3.8, 4) is 0 Å². The minimum absolute atomic E-state index is 0.0480. The molecule has 0 aromatic heterocycles. The van der Waals surface area contributed by atoms with Gasteiger partial charge in [0.05, 0.1) is 21.9 Å². The lowest BCUT2D eigenvalue weighted by Gasteiger charge is -2.51. The van der Waals surface area contributed by atoms with Crippen molar-refractivity contribution >= 4 is 36.6 Å². The molecule has 2 fully saturated rings. The zero-order valence-corrected chi connectivity index (χ0v) is 27.9. The molecule has 240 valence electrons. The van der Waals surface area contributed by atoms with Gasteiger partial charge in [0.1, 0.15) is 5.78 Å². The van der Waals surface area contributed by atoms with E-state index >= 15 is 0 Å². The molecule has 2 heterocycles. The number of benzene rings is 5. The number of aryl methyl sites for hydroxylation is 2. The summed E-state index contributed by atoms with van der Waals surface area (Å²) in [5.41, 5.74) is 3.37. The summed E-state index contributed by atoms with van der Waals surface area (Å²) in [5, 5.41) is 1.84. The molecule has 5 aromatic rings. The van der Waals surface area contributed by atoms with Gasteiger partial charge in [-0.1, -0.05) is 108 Å². The highest BCUT2D eigenvalue weighted by Gasteiger charge is 2.54. The Morgan fingerprint density at radius 2 is 1.19 bits per heavy atom. The largest absolute Gasteiger partial charge is 0.299 e. The first-order valence-corrected chi connectivity index (χ1v) is 18.7. The number of hydrogen-bond donors (Lipinski definition) is 0. The molecule has 5 aromatic carbocycles. The van der Waals surface area contributed by atoms with Gasteiger partial charge in [0.15, 0.2) is 0 Å². The number of nitrogens with zero attached hydrogens (tertiary/aromatic N) is 2. The van der Waals surface area contributed by atoms with Crippen LogP contribution in [-0.4, -0.2) is 43.8 Å². The first-order valence-electron chi connectivity index (χ1n) is 15.8. The first-order chi connectivity index (χ1) is 22.6. The Hall–Kier alpha value is -4.15. The average molecular weight is 665 g/mol. The summed E-state index contributed by atoms with van der Waals surface area (Å²) in [6.45, 7) is 3.67. The molecule has 0 amide bonds. The minimum Gasteiger partial charge on any atom is -0.299 e. The topological polar surface area (TPSA) is 91.8 Å². The van der Waals surface area contributed by atoms with Gasteiger partial charge in [-0.05, 0) is 66.4 Å². The number of hydrogen-bond acceptors (Lipinski definition) is 5. The average Bonchev–Trinajstić information content (AvgIpc) is 3.08. The standard InChI is InChI=1S/C38H36N2O5S2/c1-26-15-19-30(20-16-26)46(42,43)39-25-34-37(23-36(39)33-14-8-12-28-9-6-7-13-32(28)33)40(47(44,45)31-21-17-27(2)18-22-31)35(24-38(34)41)29-10-4-3-5-11-29/h3-22,34-37H,23-25H2,1-2H3/t34-,35+,36+,37?/m1/s1. The number of Topliss-reactive ketones (excluding diaryl/α,β-unsaturated/α-hetero) is 1. The second kappa shape index (κ2) is 12.1. The number of sulfonamides is 2. The molecule has 4 atom stereocenters. The first kappa shape index (κ1) is 31.4. The van der Waals surface area contributed by atoms with Crippen molar-refractivity contribution in [1.29, 1.82) is 0 Å². The normalized spacial score (nSPS) is 22.6. The smallest absolute Gasteiger partial charge is 0.243 e. The monoisotopic (exact) mass is 664 g/mol. The van der Waals surface area contributed by atoms with Gasteiger partial charge in [-0.25, -0.2) is 16.8 Å². The molecule has 47 heavy (non-hydrogen) atoms. The second-order valence-electron chi connectivity index (χ2n) is 12.6. The maximum absolute atomic E-state index is 14.7. The third-order valence-corrected chi connectivity index (χ3v) is 13.5. The van der Waals surface area contributed by atoms with Crippen LogP contribution in [-0.2, 0) is 24.8 Å². The van der Waals surface area contributed by atoms with Crippen LogP contribution in [0.25, 0.3) is 10.8 Å². The number of carbonyl (C=O) groups excluding carboxylic acids is 1. The second-order valence-corrected chi connectivity index (χ2v) is 16.4. The van der Waals surface area contributed by atoms with Crippen molar-refractivity contribution in [3.63, 3.8) is 0 Å². The van der Waals surface area contributed by atoms with Crippen molar-refractivity contribution in [2.45, 2.75) is 54.6 Å². The predicted octanol–water partition coefficient (Wildman–Crippen LogP) is 6.98. The number of carbonyl (C=O) groups is 1. The Balaban J connectivity index is 1.42. The molecular formula is C38H36N2O5S2. The molecule has 0 N–H and O–H groups in total. The van der Waals surface area contributed by atoms with E-state index in [0.29, 0.717) is 0 Å². The third-order valence-electron chi connectivity index (χ3n) is 9.69. The van der Waals surface area contributed by atoms with Gasteiger partial charge in [-0.15, -0.1) is 0 Å². The maximum Gasteiger partial charge on any atom is 0.243 e. The molecular weight excluding hydrogens is 629 g/mol. The molecule has 0 spiro atoms. The quantitative estimate of drug-likeness (QED) is 0.195. The van der Waals surface area contributed by atoms with Gasteiger partial charge in [-0.2, -0.15) is 8.61 Å². The third kappa shape index (κ3) is 5.61. The van der Waals surface area contributed by atoms with Crippen LogP contribution in [0, 0.1) is 19.8 Å². The van der Waals surface area contributed by atoms with E-state index in [1.807, 2.05) is 86.6 Å². The Morgan fingerprint density at radius 3 is 1.85 bits per heavy atom.